The van der Waals surface area contributed by atoms with Gasteiger partial charge in [-0.15, -0.1) is 0 Å². The van der Waals surface area contributed by atoms with Gasteiger partial charge in [0.25, 0.3) is 0 Å². The van der Waals surface area contributed by atoms with Crippen LogP contribution in [0.2, 0.25) is 0 Å². The lowest BCUT2D eigenvalue weighted by Crippen LogP contribution is -2.49. The number of nitrogens with zero attached hydrogens (tertiary/aromatic N) is 2. The van der Waals surface area contributed by atoms with Crippen molar-refractivity contribution in [2.45, 2.75) is 66.5 Å². The highest BCUT2D eigenvalue weighted by molar-refractivity contribution is 7.92. The molecule has 0 saturated carbocycles. The number of benzene rings is 2. The van der Waals surface area contributed by atoms with Gasteiger partial charge in [0.15, 0.2) is 0 Å². The van der Waals surface area contributed by atoms with Gasteiger partial charge >= 0.3 is 0 Å². The fourth-order valence-electron chi connectivity index (χ4n) is 4.09. The quantitative estimate of drug-likeness (QED) is 0.474. The van der Waals surface area contributed by atoms with Crippen LogP contribution in [0.15, 0.2) is 42.5 Å². The predicted molar refractivity (Wildman–Crippen MR) is 142 cm³/mol. The van der Waals surface area contributed by atoms with E-state index < -0.39 is 16.1 Å². The van der Waals surface area contributed by atoms with Crippen molar-refractivity contribution in [2.24, 2.45) is 0 Å². The van der Waals surface area contributed by atoms with E-state index in [1.165, 1.54) is 10.6 Å². The van der Waals surface area contributed by atoms with Gasteiger partial charge in [0.05, 0.1) is 11.9 Å². The molecule has 0 aliphatic rings. The summed E-state index contributed by atoms with van der Waals surface area (Å²) in [5, 5.41) is 2.83. The Morgan fingerprint density at radius 1 is 1.00 bits per heavy atom. The lowest BCUT2D eigenvalue weighted by molar-refractivity contribution is -0.141. The summed E-state index contributed by atoms with van der Waals surface area (Å²) < 4.78 is 26.5. The first kappa shape index (κ1) is 28.4. The molecule has 0 aromatic heterocycles. The van der Waals surface area contributed by atoms with Crippen LogP contribution in [0.3, 0.4) is 0 Å². The zero-order chi connectivity index (χ0) is 26.2. The number of carbonyl (C=O) groups is 2. The summed E-state index contributed by atoms with van der Waals surface area (Å²) in [6.45, 7) is 10.6. The molecule has 0 radical (unpaired) electrons. The minimum atomic E-state index is -3.53. The average Bonchev–Trinajstić information content (AvgIpc) is 2.79. The van der Waals surface area contributed by atoms with Crippen molar-refractivity contribution in [2.75, 3.05) is 23.7 Å². The fourth-order valence-corrected chi connectivity index (χ4v) is 5.11. The highest BCUT2D eigenvalue weighted by Crippen LogP contribution is 2.25. The van der Waals surface area contributed by atoms with Gasteiger partial charge in [-0.1, -0.05) is 48.9 Å². The van der Waals surface area contributed by atoms with Gasteiger partial charge in [0, 0.05) is 26.1 Å². The molecule has 35 heavy (non-hydrogen) atoms. The Morgan fingerprint density at radius 3 is 2.23 bits per heavy atom. The smallest absolute Gasteiger partial charge is 0.242 e. The molecule has 0 fully saturated rings. The van der Waals surface area contributed by atoms with E-state index in [-0.39, 0.29) is 24.8 Å². The van der Waals surface area contributed by atoms with Gasteiger partial charge in [0.1, 0.15) is 6.04 Å². The Morgan fingerprint density at radius 2 is 1.66 bits per heavy atom. The van der Waals surface area contributed by atoms with E-state index in [0.717, 1.165) is 22.3 Å². The third kappa shape index (κ3) is 7.82. The molecule has 0 aliphatic heterocycles. The molecular weight excluding hydrogens is 462 g/mol. The number of hydrogen-bond donors (Lipinski definition) is 1. The largest absolute Gasteiger partial charge is 0.355 e. The molecule has 8 heteroatoms. The normalized spacial score (nSPS) is 12.2. The topological polar surface area (TPSA) is 86.8 Å². The number of carbonyl (C=O) groups excluding carboxylic acids is 2. The van der Waals surface area contributed by atoms with Crippen molar-refractivity contribution < 1.29 is 18.0 Å². The molecule has 2 aromatic rings. The molecule has 0 aliphatic carbocycles. The highest BCUT2D eigenvalue weighted by atomic mass is 32.2. The van der Waals surface area contributed by atoms with Crippen molar-refractivity contribution in [3.8, 4) is 0 Å². The van der Waals surface area contributed by atoms with Crippen molar-refractivity contribution in [3.63, 3.8) is 0 Å². The van der Waals surface area contributed by atoms with E-state index in [2.05, 4.69) is 5.32 Å². The molecule has 0 spiro atoms. The minimum absolute atomic E-state index is 0.138. The van der Waals surface area contributed by atoms with Crippen LogP contribution in [0.25, 0.3) is 0 Å². The molecule has 1 atom stereocenters. The molecule has 2 aromatic carbocycles. The number of aryl methyl sites for hydroxylation is 2. The number of nitrogens with one attached hydrogen (secondary N) is 1. The second-order valence-electron chi connectivity index (χ2n) is 8.98. The predicted octanol–water partition coefficient (Wildman–Crippen LogP) is 4.10. The van der Waals surface area contributed by atoms with Gasteiger partial charge in [-0.05, 0) is 63.3 Å². The second kappa shape index (κ2) is 12.7. The molecule has 0 heterocycles. The molecular formula is C27H39N3O4S. The van der Waals surface area contributed by atoms with Crippen LogP contribution in [-0.2, 0) is 26.2 Å². The van der Waals surface area contributed by atoms with E-state index in [0.29, 0.717) is 31.6 Å². The van der Waals surface area contributed by atoms with E-state index in [4.69, 9.17) is 0 Å². The number of anilines is 1. The monoisotopic (exact) mass is 501 g/mol. The molecule has 7 nitrogen and oxygen atoms in total. The maximum absolute atomic E-state index is 13.4. The van der Waals surface area contributed by atoms with Gasteiger partial charge in [-0.2, -0.15) is 0 Å². The van der Waals surface area contributed by atoms with E-state index >= 15 is 0 Å². The van der Waals surface area contributed by atoms with Gasteiger partial charge in [-0.3, -0.25) is 13.9 Å². The van der Waals surface area contributed by atoms with E-state index in [1.54, 1.807) is 11.0 Å². The molecule has 1 N–H and O–H groups in total. The molecule has 192 valence electrons. The number of amides is 2. The van der Waals surface area contributed by atoms with Gasteiger partial charge in [-0.25, -0.2) is 8.42 Å². The van der Waals surface area contributed by atoms with Crippen molar-refractivity contribution in [1.82, 2.24) is 10.2 Å². The van der Waals surface area contributed by atoms with E-state index in [9.17, 15) is 18.0 Å². The maximum atomic E-state index is 13.4. The second-order valence-corrected chi connectivity index (χ2v) is 10.9. The maximum Gasteiger partial charge on any atom is 0.242 e. The molecule has 2 rings (SSSR count). The average molecular weight is 502 g/mol. The summed E-state index contributed by atoms with van der Waals surface area (Å²) in [5.74, 6) is -0.346. The van der Waals surface area contributed by atoms with Crippen molar-refractivity contribution >= 4 is 27.5 Å². The van der Waals surface area contributed by atoms with Gasteiger partial charge < -0.3 is 10.2 Å². The molecule has 0 saturated heterocycles. The van der Waals surface area contributed by atoms with Crippen LogP contribution in [0.4, 0.5) is 5.69 Å². The summed E-state index contributed by atoms with van der Waals surface area (Å²) in [6, 6.07) is 12.9. The fraction of sp³-hybridized carbons (Fsp3) is 0.481. The Labute approximate surface area is 210 Å². The summed E-state index contributed by atoms with van der Waals surface area (Å²) in [7, 11) is -3.53. The van der Waals surface area contributed by atoms with Crippen LogP contribution in [0, 0.1) is 20.8 Å². The minimum Gasteiger partial charge on any atom is -0.355 e. The first-order valence-electron chi connectivity index (χ1n) is 12.2. The Bertz CT molecular complexity index is 1110. The Balaban J connectivity index is 2.23. The third-order valence-corrected chi connectivity index (χ3v) is 7.39. The highest BCUT2D eigenvalue weighted by Gasteiger charge is 2.28. The summed E-state index contributed by atoms with van der Waals surface area (Å²) in [4.78, 5) is 27.8. The zero-order valence-electron chi connectivity index (χ0n) is 21.8. The number of hydrogen-bond acceptors (Lipinski definition) is 4. The SMILES string of the molecule is CCNC(=O)[C@H](CC)N(Cc1ccc(C)cc1)C(=O)CCCN(c1cccc(C)c1C)S(C)(=O)=O. The summed E-state index contributed by atoms with van der Waals surface area (Å²) >= 11 is 0. The standard InChI is InChI=1S/C27H39N3O4S/c1-7-24(27(32)28-8-2)29(19-23-16-14-20(3)15-17-23)26(31)13-10-18-30(35(6,33)34)25-12-9-11-21(4)22(25)5/h9,11-12,14-17,24H,7-8,10,13,18-19H2,1-6H3,(H,28,32)/t24-/m0/s1. The first-order chi connectivity index (χ1) is 16.5. The van der Waals surface area contributed by atoms with Crippen LogP contribution in [0.5, 0.6) is 0 Å². The van der Waals surface area contributed by atoms with Crippen molar-refractivity contribution in [1.29, 1.82) is 0 Å². The van der Waals surface area contributed by atoms with E-state index in [1.807, 2.05) is 71.0 Å². The number of rotatable bonds is 12. The molecule has 0 unspecified atom stereocenters. The number of sulfonamides is 1. The third-order valence-electron chi connectivity index (χ3n) is 6.21. The lowest BCUT2D eigenvalue weighted by Gasteiger charge is -2.31. The molecule has 2 amide bonds. The summed E-state index contributed by atoms with van der Waals surface area (Å²) in [6.07, 6.45) is 2.15. The van der Waals surface area contributed by atoms with Crippen LogP contribution >= 0.6 is 0 Å². The number of likely N-dealkylation sites (N-methyl/N-ethyl adjacent to an activating group) is 1. The van der Waals surface area contributed by atoms with Crippen molar-refractivity contribution in [3.05, 3.63) is 64.7 Å². The van der Waals surface area contributed by atoms with Crippen LogP contribution < -0.4 is 9.62 Å². The summed E-state index contributed by atoms with van der Waals surface area (Å²) in [5.41, 5.74) is 4.59. The molecule has 0 bridgehead atoms. The zero-order valence-corrected chi connectivity index (χ0v) is 22.6. The Hall–Kier alpha value is -2.87. The lowest BCUT2D eigenvalue weighted by atomic mass is 10.1. The van der Waals surface area contributed by atoms with Crippen LogP contribution in [0.1, 0.15) is 55.4 Å². The first-order valence-corrected chi connectivity index (χ1v) is 14.0. The van der Waals surface area contributed by atoms with Gasteiger partial charge in [0.2, 0.25) is 21.8 Å². The Kier molecular flexibility index (Phi) is 10.3. The van der Waals surface area contributed by atoms with Crippen LogP contribution in [-0.4, -0.2) is 50.5 Å².